The molecule has 0 radical (unpaired) electrons. The van der Waals surface area contributed by atoms with Crippen molar-refractivity contribution >= 4 is 44.3 Å². The number of aromatic nitrogens is 3. The molecule has 0 aliphatic carbocycles. The molecule has 4 rings (SSSR count). The minimum Gasteiger partial charge on any atom is -0.377 e. The number of rotatable bonds is 5. The van der Waals surface area contributed by atoms with Crippen molar-refractivity contribution < 1.29 is 13.2 Å². The third kappa shape index (κ3) is 3.56. The van der Waals surface area contributed by atoms with Crippen LogP contribution in [0, 0.1) is 5.41 Å². The predicted octanol–water partition coefficient (Wildman–Crippen LogP) is 2.33. The number of ether oxygens (including phenoxy) is 1. The highest BCUT2D eigenvalue weighted by molar-refractivity contribution is 7.91. The van der Waals surface area contributed by atoms with Crippen molar-refractivity contribution in [3.05, 3.63) is 36.0 Å². The summed E-state index contributed by atoms with van der Waals surface area (Å²) in [5.41, 5.74) is 0.403. The lowest BCUT2D eigenvalue weighted by Gasteiger charge is -2.35. The number of morpholine rings is 1. The average molecular weight is 414 g/mol. The van der Waals surface area contributed by atoms with Gasteiger partial charge in [-0.1, -0.05) is 12.1 Å². The minimum absolute atomic E-state index is 0.0761. The molecule has 1 aromatic carbocycles. The summed E-state index contributed by atoms with van der Waals surface area (Å²) in [6.07, 6.45) is 3.91. The Morgan fingerprint density at radius 1 is 1.38 bits per heavy atom. The van der Waals surface area contributed by atoms with Gasteiger partial charge < -0.3 is 20.4 Å². The number of nitrogens with zero attached hydrogens (tertiary/aromatic N) is 3. The zero-order valence-corrected chi connectivity index (χ0v) is 17.0. The molecule has 1 aliphatic rings. The fourth-order valence-electron chi connectivity index (χ4n) is 3.60. The van der Waals surface area contributed by atoms with E-state index in [-0.39, 0.29) is 10.9 Å². The second-order valence-corrected chi connectivity index (χ2v) is 8.99. The summed E-state index contributed by atoms with van der Waals surface area (Å²) in [5, 5.41) is 19.0. The molecule has 0 bridgehead atoms. The molecule has 10 heteroatoms. The number of pyridine rings is 1. The fraction of sp³-hybridized carbons (Fsp3) is 0.316. The number of H-pyrrole nitrogens is 1. The van der Waals surface area contributed by atoms with Crippen molar-refractivity contribution in [3.8, 4) is 0 Å². The van der Waals surface area contributed by atoms with Gasteiger partial charge >= 0.3 is 0 Å². The maximum Gasteiger partial charge on any atom is 0.176 e. The first-order chi connectivity index (χ1) is 13.9. The number of anilines is 3. The largest absolute Gasteiger partial charge is 0.377 e. The molecule has 3 N–H and O–H groups in total. The molecular formula is C19H22N6O3S. The van der Waals surface area contributed by atoms with Gasteiger partial charge in [-0.2, -0.15) is 5.10 Å². The van der Waals surface area contributed by atoms with Gasteiger partial charge in [0.05, 0.1) is 30.3 Å². The topological polar surface area (TPSA) is 124 Å². The summed E-state index contributed by atoms with van der Waals surface area (Å²) < 4.78 is 30.6. The molecule has 1 atom stereocenters. The normalized spacial score (nSPS) is 17.4. The number of benzene rings is 1. The molecule has 1 aliphatic heterocycles. The van der Waals surface area contributed by atoms with Gasteiger partial charge in [0.2, 0.25) is 0 Å². The zero-order valence-electron chi connectivity index (χ0n) is 16.1. The second-order valence-electron chi connectivity index (χ2n) is 7.01. The van der Waals surface area contributed by atoms with Crippen LogP contribution in [0.25, 0.3) is 10.8 Å². The van der Waals surface area contributed by atoms with Gasteiger partial charge in [-0.25, -0.2) is 13.4 Å². The van der Waals surface area contributed by atoms with E-state index in [2.05, 4.69) is 20.4 Å². The minimum atomic E-state index is -3.52. The highest BCUT2D eigenvalue weighted by atomic mass is 32.2. The van der Waals surface area contributed by atoms with E-state index in [0.717, 1.165) is 6.21 Å². The lowest BCUT2D eigenvalue weighted by atomic mass is 10.0. The summed E-state index contributed by atoms with van der Waals surface area (Å²) >= 11 is 0. The molecular weight excluding hydrogens is 392 g/mol. The Morgan fingerprint density at radius 2 is 2.21 bits per heavy atom. The van der Waals surface area contributed by atoms with Gasteiger partial charge in [0.1, 0.15) is 17.5 Å². The summed E-state index contributed by atoms with van der Waals surface area (Å²) in [5.74, 6) is 1.65. The van der Waals surface area contributed by atoms with Gasteiger partial charge in [0.25, 0.3) is 0 Å². The van der Waals surface area contributed by atoms with E-state index in [1.165, 1.54) is 6.26 Å². The quantitative estimate of drug-likeness (QED) is 0.547. The number of aromatic amines is 1. The molecule has 0 saturated carbocycles. The Balaban J connectivity index is 2.05. The standard InChI is InChI=1S/C19H22N6O3S/c1-12-11-28-9-8-25(12)19-13-4-3-5-15(29(2,26)27)17(13)14(10-20)18(23-19)22-16-6-7-21-24-16/h3-7,10,12,20H,8-9,11H2,1-2H3,(H2,21,22,23,24)/t12-/m1/s1. The van der Waals surface area contributed by atoms with Crippen LogP contribution in [-0.4, -0.2) is 61.9 Å². The van der Waals surface area contributed by atoms with Crippen LogP contribution in [0.15, 0.2) is 35.4 Å². The Labute approximate surface area is 168 Å². The van der Waals surface area contributed by atoms with Crippen molar-refractivity contribution in [3.63, 3.8) is 0 Å². The molecule has 29 heavy (non-hydrogen) atoms. The van der Waals surface area contributed by atoms with Crippen molar-refractivity contribution in [2.75, 3.05) is 36.2 Å². The number of hydrogen-bond acceptors (Lipinski definition) is 8. The highest BCUT2D eigenvalue weighted by Gasteiger charge is 2.26. The van der Waals surface area contributed by atoms with Crippen molar-refractivity contribution in [1.29, 1.82) is 5.41 Å². The molecule has 152 valence electrons. The van der Waals surface area contributed by atoms with E-state index in [1.54, 1.807) is 24.4 Å². The Kier molecular flexibility index (Phi) is 4.97. The number of hydrogen-bond donors (Lipinski definition) is 3. The molecule has 3 aromatic rings. The molecule has 3 heterocycles. The van der Waals surface area contributed by atoms with Gasteiger partial charge in [-0.05, 0) is 13.0 Å². The smallest absolute Gasteiger partial charge is 0.176 e. The summed E-state index contributed by atoms with van der Waals surface area (Å²) in [7, 11) is -3.52. The Hall–Kier alpha value is -2.98. The van der Waals surface area contributed by atoms with Crippen LogP contribution < -0.4 is 10.2 Å². The molecule has 1 fully saturated rings. The predicted molar refractivity (Wildman–Crippen MR) is 112 cm³/mol. The number of sulfone groups is 1. The van der Waals surface area contributed by atoms with Crippen LogP contribution in [0.4, 0.5) is 17.5 Å². The molecule has 0 amide bonds. The van der Waals surface area contributed by atoms with E-state index in [4.69, 9.17) is 15.1 Å². The summed E-state index contributed by atoms with van der Waals surface area (Å²) in [6.45, 7) is 3.80. The van der Waals surface area contributed by atoms with Gasteiger partial charge in [-0.3, -0.25) is 5.10 Å². The van der Waals surface area contributed by atoms with E-state index >= 15 is 0 Å². The lowest BCUT2D eigenvalue weighted by Crippen LogP contribution is -2.44. The molecule has 2 aromatic heterocycles. The van der Waals surface area contributed by atoms with Crippen molar-refractivity contribution in [2.45, 2.75) is 17.9 Å². The average Bonchev–Trinajstić information content (AvgIpc) is 3.20. The van der Waals surface area contributed by atoms with Crippen LogP contribution in [0.5, 0.6) is 0 Å². The van der Waals surface area contributed by atoms with E-state index < -0.39 is 9.84 Å². The van der Waals surface area contributed by atoms with Gasteiger partial charge in [0.15, 0.2) is 9.84 Å². The first kappa shape index (κ1) is 19.3. The highest BCUT2D eigenvalue weighted by Crippen LogP contribution is 2.37. The maximum atomic E-state index is 12.5. The Morgan fingerprint density at radius 3 is 2.86 bits per heavy atom. The van der Waals surface area contributed by atoms with Gasteiger partial charge in [0, 0.05) is 41.4 Å². The first-order valence-electron chi connectivity index (χ1n) is 9.18. The van der Waals surface area contributed by atoms with Crippen LogP contribution >= 0.6 is 0 Å². The third-order valence-electron chi connectivity index (χ3n) is 4.95. The van der Waals surface area contributed by atoms with Crippen LogP contribution in [-0.2, 0) is 14.6 Å². The number of nitrogens with one attached hydrogen (secondary N) is 3. The second kappa shape index (κ2) is 7.45. The first-order valence-corrected chi connectivity index (χ1v) is 11.1. The van der Waals surface area contributed by atoms with Crippen LogP contribution in [0.3, 0.4) is 0 Å². The molecule has 0 unspecified atom stereocenters. The van der Waals surface area contributed by atoms with Crippen LogP contribution in [0.1, 0.15) is 12.5 Å². The van der Waals surface area contributed by atoms with Crippen molar-refractivity contribution in [2.24, 2.45) is 0 Å². The SMILES string of the molecule is C[C@@H]1COCCN1c1nc(Nc2ccn[nH]2)c(C=N)c2c(S(C)(=O)=O)cccc12. The van der Waals surface area contributed by atoms with E-state index in [9.17, 15) is 8.42 Å². The van der Waals surface area contributed by atoms with E-state index in [1.807, 2.05) is 13.0 Å². The summed E-state index contributed by atoms with van der Waals surface area (Å²) in [6, 6.07) is 6.94. The fourth-order valence-corrected chi connectivity index (χ4v) is 4.52. The third-order valence-corrected chi connectivity index (χ3v) is 6.09. The van der Waals surface area contributed by atoms with Gasteiger partial charge in [-0.15, -0.1) is 0 Å². The maximum absolute atomic E-state index is 12.5. The molecule has 1 saturated heterocycles. The Bertz CT molecular complexity index is 1160. The zero-order chi connectivity index (χ0) is 20.6. The molecule has 9 nitrogen and oxygen atoms in total. The monoisotopic (exact) mass is 414 g/mol. The summed E-state index contributed by atoms with van der Waals surface area (Å²) in [4.78, 5) is 7.10. The number of fused-ring (bicyclic) bond motifs is 1. The molecule has 0 spiro atoms. The lowest BCUT2D eigenvalue weighted by molar-refractivity contribution is 0.0987. The van der Waals surface area contributed by atoms with Crippen LogP contribution in [0.2, 0.25) is 0 Å². The van der Waals surface area contributed by atoms with Crippen molar-refractivity contribution in [1.82, 2.24) is 15.2 Å². The van der Waals surface area contributed by atoms with E-state index in [0.29, 0.717) is 53.5 Å².